The molecule has 19 heavy (non-hydrogen) atoms. The Morgan fingerprint density at radius 2 is 1.63 bits per heavy atom. The molecule has 3 nitrogen and oxygen atoms in total. The van der Waals surface area contributed by atoms with Crippen molar-refractivity contribution in [1.29, 1.82) is 0 Å². The minimum absolute atomic E-state index is 0.0220. The van der Waals surface area contributed by atoms with E-state index in [2.05, 4.69) is 0 Å². The Morgan fingerprint density at radius 1 is 1.11 bits per heavy atom. The van der Waals surface area contributed by atoms with Gasteiger partial charge in [0.2, 0.25) is 10.0 Å². The lowest BCUT2D eigenvalue weighted by atomic mass is 10.2. The molecule has 1 aromatic rings. The van der Waals surface area contributed by atoms with Crippen LogP contribution < -0.4 is 0 Å². The average Bonchev–Trinajstić information content (AvgIpc) is 2.26. The summed E-state index contributed by atoms with van der Waals surface area (Å²) >= 11 is 0. The summed E-state index contributed by atoms with van der Waals surface area (Å²) < 4.78 is 39.7. The lowest BCUT2D eigenvalue weighted by Crippen LogP contribution is -2.37. The van der Waals surface area contributed by atoms with E-state index in [-0.39, 0.29) is 16.7 Å². The van der Waals surface area contributed by atoms with Crippen LogP contribution in [0.3, 0.4) is 0 Å². The zero-order valence-electron chi connectivity index (χ0n) is 11.9. The quantitative estimate of drug-likeness (QED) is 0.806. The van der Waals surface area contributed by atoms with Gasteiger partial charge in [-0.2, -0.15) is 4.31 Å². The maximum atomic E-state index is 13.2. The summed E-state index contributed by atoms with van der Waals surface area (Å²) in [5, 5.41) is 0. The topological polar surface area (TPSA) is 37.4 Å². The molecular weight excluding hydrogens is 265 g/mol. The van der Waals surface area contributed by atoms with Crippen molar-refractivity contribution in [3.05, 3.63) is 30.1 Å². The average molecular weight is 287 g/mol. The van der Waals surface area contributed by atoms with Crippen LogP contribution in [0, 0.1) is 17.7 Å². The fraction of sp³-hybridized carbons (Fsp3) is 0.571. The highest BCUT2D eigenvalue weighted by atomic mass is 32.2. The highest BCUT2D eigenvalue weighted by Gasteiger charge is 2.26. The summed E-state index contributed by atoms with van der Waals surface area (Å²) in [5.41, 5.74) is 0. The molecule has 0 N–H and O–H groups in total. The first kappa shape index (κ1) is 16.1. The zero-order chi connectivity index (χ0) is 14.6. The maximum Gasteiger partial charge on any atom is 0.243 e. The van der Waals surface area contributed by atoms with E-state index in [4.69, 9.17) is 0 Å². The molecule has 5 heteroatoms. The SMILES string of the molecule is CC(C)CN(CC(C)C)S(=O)(=O)c1cccc(F)c1. The number of sulfonamides is 1. The molecule has 0 aliphatic carbocycles. The van der Waals surface area contributed by atoms with Crippen LogP contribution in [0.5, 0.6) is 0 Å². The van der Waals surface area contributed by atoms with Crippen LogP contribution in [0.2, 0.25) is 0 Å². The number of benzene rings is 1. The molecule has 0 amide bonds. The minimum atomic E-state index is -3.62. The van der Waals surface area contributed by atoms with Crippen molar-refractivity contribution in [2.45, 2.75) is 32.6 Å². The second-order valence-electron chi connectivity index (χ2n) is 5.57. The van der Waals surface area contributed by atoms with Crippen LogP contribution in [0.15, 0.2) is 29.2 Å². The lowest BCUT2D eigenvalue weighted by Gasteiger charge is -2.25. The van der Waals surface area contributed by atoms with Gasteiger partial charge >= 0.3 is 0 Å². The number of nitrogens with zero attached hydrogens (tertiary/aromatic N) is 1. The predicted octanol–water partition coefficient (Wildman–Crippen LogP) is 3.13. The summed E-state index contributed by atoms with van der Waals surface area (Å²) in [7, 11) is -3.62. The van der Waals surface area contributed by atoms with E-state index in [9.17, 15) is 12.8 Å². The molecule has 0 heterocycles. The Labute approximate surface area is 115 Å². The summed E-state index contributed by atoms with van der Waals surface area (Å²) in [4.78, 5) is 0.0220. The molecule has 0 aliphatic rings. The molecule has 108 valence electrons. The number of rotatable bonds is 6. The second kappa shape index (κ2) is 6.48. The van der Waals surface area contributed by atoms with Crippen LogP contribution in [0.1, 0.15) is 27.7 Å². The van der Waals surface area contributed by atoms with Gasteiger partial charge in [0.05, 0.1) is 4.90 Å². The summed E-state index contributed by atoms with van der Waals surface area (Å²) in [6.07, 6.45) is 0. The van der Waals surface area contributed by atoms with E-state index in [1.54, 1.807) is 0 Å². The molecule has 0 aliphatic heterocycles. The van der Waals surface area contributed by atoms with E-state index in [1.165, 1.54) is 22.5 Å². The van der Waals surface area contributed by atoms with Gasteiger partial charge < -0.3 is 0 Å². The first-order chi connectivity index (χ1) is 8.73. The Morgan fingerprint density at radius 3 is 2.05 bits per heavy atom. The fourth-order valence-electron chi connectivity index (χ4n) is 1.86. The highest BCUT2D eigenvalue weighted by Crippen LogP contribution is 2.19. The number of halogens is 1. The molecule has 0 aromatic heterocycles. The summed E-state index contributed by atoms with van der Waals surface area (Å²) in [6.45, 7) is 8.75. The van der Waals surface area contributed by atoms with E-state index < -0.39 is 15.8 Å². The van der Waals surface area contributed by atoms with Crippen molar-refractivity contribution in [2.75, 3.05) is 13.1 Å². The molecule has 0 bridgehead atoms. The van der Waals surface area contributed by atoms with Crippen molar-refractivity contribution in [3.8, 4) is 0 Å². The number of hydrogen-bond acceptors (Lipinski definition) is 2. The molecule has 0 spiro atoms. The van der Waals surface area contributed by atoms with Crippen LogP contribution in [0.4, 0.5) is 4.39 Å². The van der Waals surface area contributed by atoms with Gasteiger partial charge in [-0.1, -0.05) is 33.8 Å². The molecule has 0 radical (unpaired) electrons. The molecule has 0 unspecified atom stereocenters. The number of hydrogen-bond donors (Lipinski definition) is 0. The minimum Gasteiger partial charge on any atom is -0.207 e. The fourth-order valence-corrected chi connectivity index (χ4v) is 3.66. The van der Waals surface area contributed by atoms with Crippen molar-refractivity contribution in [3.63, 3.8) is 0 Å². The molecular formula is C14H22FNO2S. The van der Waals surface area contributed by atoms with Gasteiger partial charge in [-0.25, -0.2) is 12.8 Å². The molecule has 1 rings (SSSR count). The third-order valence-electron chi connectivity index (χ3n) is 2.57. The predicted molar refractivity (Wildman–Crippen MR) is 74.8 cm³/mol. The third kappa shape index (κ3) is 4.58. The molecule has 0 saturated carbocycles. The van der Waals surface area contributed by atoms with Crippen LogP contribution in [0.25, 0.3) is 0 Å². The van der Waals surface area contributed by atoms with Crippen LogP contribution in [-0.4, -0.2) is 25.8 Å². The van der Waals surface area contributed by atoms with Gasteiger partial charge in [0.1, 0.15) is 5.82 Å². The van der Waals surface area contributed by atoms with Gasteiger partial charge in [0.15, 0.2) is 0 Å². The monoisotopic (exact) mass is 287 g/mol. The van der Waals surface area contributed by atoms with Crippen molar-refractivity contribution < 1.29 is 12.8 Å². The lowest BCUT2D eigenvalue weighted by molar-refractivity contribution is 0.333. The van der Waals surface area contributed by atoms with E-state index >= 15 is 0 Å². The van der Waals surface area contributed by atoms with E-state index in [0.29, 0.717) is 13.1 Å². The van der Waals surface area contributed by atoms with Gasteiger partial charge in [0.25, 0.3) is 0 Å². The summed E-state index contributed by atoms with van der Waals surface area (Å²) in [6, 6.07) is 5.18. The van der Waals surface area contributed by atoms with Crippen LogP contribution >= 0.6 is 0 Å². The van der Waals surface area contributed by atoms with Gasteiger partial charge in [0, 0.05) is 13.1 Å². The maximum absolute atomic E-state index is 13.2. The van der Waals surface area contributed by atoms with Gasteiger partial charge in [-0.15, -0.1) is 0 Å². The second-order valence-corrected chi connectivity index (χ2v) is 7.51. The normalized spacial score (nSPS) is 12.6. The summed E-state index contributed by atoms with van der Waals surface area (Å²) in [5.74, 6) is -0.0840. The van der Waals surface area contributed by atoms with Crippen LogP contribution in [-0.2, 0) is 10.0 Å². The van der Waals surface area contributed by atoms with E-state index in [1.807, 2.05) is 27.7 Å². The smallest absolute Gasteiger partial charge is 0.207 e. The Bertz CT molecular complexity index is 502. The molecule has 1 aromatic carbocycles. The van der Waals surface area contributed by atoms with Crippen molar-refractivity contribution in [1.82, 2.24) is 4.31 Å². The zero-order valence-corrected chi connectivity index (χ0v) is 12.7. The molecule has 0 fully saturated rings. The third-order valence-corrected chi connectivity index (χ3v) is 4.40. The largest absolute Gasteiger partial charge is 0.243 e. The van der Waals surface area contributed by atoms with Gasteiger partial charge in [-0.3, -0.25) is 0 Å². The Hall–Kier alpha value is -0.940. The van der Waals surface area contributed by atoms with E-state index in [0.717, 1.165) is 6.07 Å². The Kier molecular flexibility index (Phi) is 5.50. The first-order valence-electron chi connectivity index (χ1n) is 6.49. The highest BCUT2D eigenvalue weighted by molar-refractivity contribution is 7.89. The molecule has 0 atom stereocenters. The standard InChI is InChI=1S/C14H22FNO2S/c1-11(2)9-16(10-12(3)4)19(17,18)14-7-5-6-13(15)8-14/h5-8,11-12H,9-10H2,1-4H3. The molecule has 0 saturated heterocycles. The van der Waals surface area contributed by atoms with Crippen molar-refractivity contribution >= 4 is 10.0 Å². The van der Waals surface area contributed by atoms with Crippen molar-refractivity contribution in [2.24, 2.45) is 11.8 Å². The Balaban J connectivity index is 3.11. The van der Waals surface area contributed by atoms with Gasteiger partial charge in [-0.05, 0) is 30.0 Å². The first-order valence-corrected chi connectivity index (χ1v) is 7.93.